The summed E-state index contributed by atoms with van der Waals surface area (Å²) >= 11 is 0. The molecule has 2 aromatic heterocycles. The van der Waals surface area contributed by atoms with Gasteiger partial charge < -0.3 is 28.5 Å². The molecule has 0 spiro atoms. The Balaban J connectivity index is 1.46. The number of aromatic nitrogens is 1. The second-order valence-electron chi connectivity index (χ2n) is 8.85. The fourth-order valence-electron chi connectivity index (χ4n) is 4.63. The number of hydrogen-bond donors (Lipinski definition) is 1. The first-order chi connectivity index (χ1) is 19.4. The highest BCUT2D eigenvalue weighted by atomic mass is 16.5. The van der Waals surface area contributed by atoms with Crippen LogP contribution in [0.1, 0.15) is 31.3 Å². The number of nitrogens with zero attached hydrogens (tertiary/aromatic N) is 1. The molecule has 0 saturated heterocycles. The molecule has 0 aliphatic rings. The molecule has 0 unspecified atom stereocenters. The van der Waals surface area contributed by atoms with E-state index in [9.17, 15) is 14.4 Å². The van der Waals surface area contributed by atoms with Crippen LogP contribution in [-0.4, -0.2) is 43.1 Å². The minimum Gasteiger partial charge on any atom is -0.493 e. The quantitative estimate of drug-likeness (QED) is 0.188. The second kappa shape index (κ2) is 11.2. The van der Waals surface area contributed by atoms with E-state index in [4.69, 9.17) is 18.6 Å². The summed E-state index contributed by atoms with van der Waals surface area (Å²) in [6, 6.07) is 23.0. The van der Waals surface area contributed by atoms with Gasteiger partial charge in [0.05, 0.1) is 43.0 Å². The van der Waals surface area contributed by atoms with Gasteiger partial charge in [0.1, 0.15) is 0 Å². The van der Waals surface area contributed by atoms with Crippen molar-refractivity contribution in [3.63, 3.8) is 0 Å². The van der Waals surface area contributed by atoms with Crippen LogP contribution in [0.25, 0.3) is 22.2 Å². The Bertz CT molecular complexity index is 1700. The molecule has 9 nitrogen and oxygen atoms in total. The molecule has 5 rings (SSSR count). The van der Waals surface area contributed by atoms with Crippen molar-refractivity contribution in [2.75, 3.05) is 26.1 Å². The van der Waals surface area contributed by atoms with E-state index in [0.717, 1.165) is 22.2 Å². The largest absolute Gasteiger partial charge is 0.493 e. The number of aryl methyl sites for hydroxylation is 1. The van der Waals surface area contributed by atoms with Crippen LogP contribution in [0.2, 0.25) is 0 Å². The van der Waals surface area contributed by atoms with Gasteiger partial charge in [0.15, 0.2) is 23.9 Å². The average Bonchev–Trinajstić information content (AvgIpc) is 3.63. The molecule has 9 heteroatoms. The SMILES string of the molecule is COc1cc(NC(=O)c2ccco2)c(C(=O)OCC(=O)c2c(-c3ccccc3)n(C)c3ccccc23)cc1OC. The maximum atomic E-state index is 13.6. The highest BCUT2D eigenvalue weighted by Gasteiger charge is 2.25. The lowest BCUT2D eigenvalue weighted by Gasteiger charge is -2.15. The lowest BCUT2D eigenvalue weighted by molar-refractivity contribution is 0.0476. The first kappa shape index (κ1) is 26.3. The first-order valence-corrected chi connectivity index (χ1v) is 12.4. The lowest BCUT2D eigenvalue weighted by Crippen LogP contribution is -2.18. The van der Waals surface area contributed by atoms with Crippen molar-refractivity contribution in [2.24, 2.45) is 7.05 Å². The average molecular weight is 539 g/mol. The minimum atomic E-state index is -0.828. The Morgan fingerprint density at radius 3 is 2.27 bits per heavy atom. The van der Waals surface area contributed by atoms with Gasteiger partial charge in [-0.1, -0.05) is 48.5 Å². The van der Waals surface area contributed by atoms with Crippen LogP contribution in [0.4, 0.5) is 5.69 Å². The van der Waals surface area contributed by atoms with Crippen molar-refractivity contribution in [3.8, 4) is 22.8 Å². The van der Waals surface area contributed by atoms with Gasteiger partial charge in [0, 0.05) is 30.1 Å². The van der Waals surface area contributed by atoms with Crippen molar-refractivity contribution < 1.29 is 33.0 Å². The number of rotatable bonds is 9. The van der Waals surface area contributed by atoms with Crippen molar-refractivity contribution in [3.05, 3.63) is 102 Å². The first-order valence-electron chi connectivity index (χ1n) is 12.4. The maximum absolute atomic E-state index is 13.6. The van der Waals surface area contributed by atoms with Gasteiger partial charge in [0.25, 0.3) is 5.91 Å². The van der Waals surface area contributed by atoms with E-state index in [1.807, 2.05) is 66.2 Å². The summed E-state index contributed by atoms with van der Waals surface area (Å²) < 4.78 is 23.3. The van der Waals surface area contributed by atoms with Crippen molar-refractivity contribution in [1.29, 1.82) is 0 Å². The molecule has 5 aromatic rings. The Morgan fingerprint density at radius 2 is 1.57 bits per heavy atom. The number of esters is 1. The molecular weight excluding hydrogens is 512 g/mol. The van der Waals surface area contributed by atoms with Crippen LogP contribution >= 0.6 is 0 Å². The third-order valence-electron chi connectivity index (χ3n) is 6.50. The summed E-state index contributed by atoms with van der Waals surface area (Å²) in [4.78, 5) is 39.6. The summed E-state index contributed by atoms with van der Waals surface area (Å²) in [5, 5.41) is 3.39. The van der Waals surface area contributed by atoms with Crippen LogP contribution in [0.3, 0.4) is 0 Å². The number of fused-ring (bicyclic) bond motifs is 1. The zero-order valence-corrected chi connectivity index (χ0v) is 22.1. The normalized spacial score (nSPS) is 10.8. The Hall–Kier alpha value is -5.31. The van der Waals surface area contributed by atoms with Crippen LogP contribution in [0.5, 0.6) is 11.5 Å². The molecular formula is C31H26N2O7. The highest BCUT2D eigenvalue weighted by Crippen LogP contribution is 2.35. The zero-order chi connectivity index (χ0) is 28.2. The molecule has 2 heterocycles. The molecule has 0 bridgehead atoms. The number of carbonyl (C=O) groups is 3. The zero-order valence-electron chi connectivity index (χ0n) is 22.1. The number of carbonyl (C=O) groups excluding carboxylic acids is 3. The van der Waals surface area contributed by atoms with Gasteiger partial charge in [-0.05, 0) is 23.8 Å². The summed E-state index contributed by atoms with van der Waals surface area (Å²) in [5.74, 6) is -1.19. The standard InChI is InChI=1S/C31H26N2O7/c1-33-23-13-8-7-12-20(23)28(29(33)19-10-5-4-6-11-19)24(34)18-40-31(36)21-16-26(37-2)27(38-3)17-22(21)32-30(35)25-14-9-15-39-25/h4-17H,18H2,1-3H3,(H,32,35). The number of Topliss-reactive ketones (excluding diaryl/α,β-unsaturated/α-hetero) is 1. The van der Waals surface area contributed by atoms with E-state index in [0.29, 0.717) is 5.56 Å². The fourth-order valence-corrected chi connectivity index (χ4v) is 4.63. The Labute approximate surface area is 229 Å². The number of anilines is 1. The molecule has 202 valence electrons. The van der Waals surface area contributed by atoms with Gasteiger partial charge in [0.2, 0.25) is 5.78 Å². The van der Waals surface area contributed by atoms with Crippen molar-refractivity contribution in [2.45, 2.75) is 0 Å². The second-order valence-corrected chi connectivity index (χ2v) is 8.85. The van der Waals surface area contributed by atoms with Crippen LogP contribution < -0.4 is 14.8 Å². The number of ketones is 1. The Morgan fingerprint density at radius 1 is 0.875 bits per heavy atom. The monoisotopic (exact) mass is 538 g/mol. The molecule has 0 radical (unpaired) electrons. The number of methoxy groups -OCH3 is 2. The van der Waals surface area contributed by atoms with Crippen LogP contribution in [0, 0.1) is 0 Å². The van der Waals surface area contributed by atoms with Crippen molar-refractivity contribution >= 4 is 34.3 Å². The molecule has 0 saturated carbocycles. The van der Waals surface area contributed by atoms with E-state index >= 15 is 0 Å². The third-order valence-corrected chi connectivity index (χ3v) is 6.50. The number of furan rings is 1. The summed E-state index contributed by atoms with van der Waals surface area (Å²) in [6.45, 7) is -0.521. The van der Waals surface area contributed by atoms with Gasteiger partial charge >= 0.3 is 5.97 Å². The lowest BCUT2D eigenvalue weighted by atomic mass is 10.0. The summed E-state index contributed by atoms with van der Waals surface area (Å²) in [5.41, 5.74) is 2.99. The van der Waals surface area contributed by atoms with Crippen LogP contribution in [0.15, 0.2) is 89.5 Å². The predicted molar refractivity (Wildman–Crippen MR) is 149 cm³/mol. The molecule has 40 heavy (non-hydrogen) atoms. The number of ether oxygens (including phenoxy) is 3. The van der Waals surface area contributed by atoms with Gasteiger partial charge in [-0.3, -0.25) is 9.59 Å². The third kappa shape index (κ3) is 4.92. The number of para-hydroxylation sites is 1. The molecule has 0 fully saturated rings. The molecule has 0 aliphatic heterocycles. The number of nitrogens with one attached hydrogen (secondary N) is 1. The number of benzene rings is 3. The topological polar surface area (TPSA) is 109 Å². The highest BCUT2D eigenvalue weighted by molar-refractivity contribution is 6.15. The van der Waals surface area contributed by atoms with Crippen molar-refractivity contribution in [1.82, 2.24) is 4.57 Å². The summed E-state index contributed by atoms with van der Waals surface area (Å²) in [7, 11) is 4.75. The molecule has 3 aromatic carbocycles. The van der Waals surface area contributed by atoms with E-state index in [1.165, 1.54) is 38.7 Å². The van der Waals surface area contributed by atoms with Gasteiger partial charge in [-0.2, -0.15) is 0 Å². The van der Waals surface area contributed by atoms with Gasteiger partial charge in [-0.25, -0.2) is 4.79 Å². The molecule has 1 N–H and O–H groups in total. The number of hydrogen-bond acceptors (Lipinski definition) is 7. The predicted octanol–water partition coefficient (Wildman–Crippen LogP) is 5.75. The number of amides is 1. The smallest absolute Gasteiger partial charge is 0.340 e. The minimum absolute atomic E-state index is 0.0217. The van der Waals surface area contributed by atoms with E-state index in [2.05, 4.69) is 5.32 Å². The molecule has 0 atom stereocenters. The van der Waals surface area contributed by atoms with E-state index in [1.54, 1.807) is 6.07 Å². The Kier molecular flexibility index (Phi) is 7.37. The van der Waals surface area contributed by atoms with E-state index in [-0.39, 0.29) is 34.3 Å². The van der Waals surface area contributed by atoms with Gasteiger partial charge in [-0.15, -0.1) is 0 Å². The fraction of sp³-hybridized carbons (Fsp3) is 0.129. The molecule has 1 amide bonds. The molecule has 0 aliphatic carbocycles. The maximum Gasteiger partial charge on any atom is 0.340 e. The summed E-state index contributed by atoms with van der Waals surface area (Å²) in [6.07, 6.45) is 1.36. The van der Waals surface area contributed by atoms with E-state index < -0.39 is 18.5 Å². The van der Waals surface area contributed by atoms with Crippen LogP contribution in [-0.2, 0) is 11.8 Å².